The van der Waals surface area contributed by atoms with E-state index in [0.29, 0.717) is 21.6 Å². The Hall–Kier alpha value is -1.06. The molecule has 0 bridgehead atoms. The zero-order valence-corrected chi connectivity index (χ0v) is 8.78. The molecule has 0 aliphatic rings. The summed E-state index contributed by atoms with van der Waals surface area (Å²) in [5.74, 6) is 0. The van der Waals surface area contributed by atoms with E-state index in [4.69, 9.17) is 23.2 Å². The lowest BCUT2D eigenvalue weighted by molar-refractivity contribution is 1.22. The highest BCUT2D eigenvalue weighted by molar-refractivity contribution is 6.36. The van der Waals surface area contributed by atoms with Crippen molar-refractivity contribution in [1.29, 1.82) is 0 Å². The van der Waals surface area contributed by atoms with Crippen LogP contribution in [0.1, 0.15) is 5.56 Å². The topological polar surface area (TPSA) is 45.8 Å². The number of aromatic amines is 1. The van der Waals surface area contributed by atoms with Crippen LogP contribution in [0.3, 0.4) is 0 Å². The van der Waals surface area contributed by atoms with Crippen molar-refractivity contribution < 1.29 is 0 Å². The van der Waals surface area contributed by atoms with Gasteiger partial charge in [-0.05, 0) is 19.1 Å². The average molecular weight is 229 g/mol. The van der Waals surface area contributed by atoms with E-state index < -0.39 is 0 Å². The standard InChI is InChI=1S/C9H6Cl2N2O/c1-4-2-5-6(12-9(4)14)3-7(10)13-8(5)11/h2-3H,1H3,(H,12,14). The molecule has 0 aromatic carbocycles. The van der Waals surface area contributed by atoms with Crippen LogP contribution in [0, 0.1) is 6.92 Å². The molecule has 2 heterocycles. The monoisotopic (exact) mass is 228 g/mol. The van der Waals surface area contributed by atoms with Gasteiger partial charge >= 0.3 is 0 Å². The summed E-state index contributed by atoms with van der Waals surface area (Å²) >= 11 is 11.6. The maximum atomic E-state index is 11.3. The first-order valence-electron chi connectivity index (χ1n) is 3.93. The SMILES string of the molecule is Cc1cc2c(Cl)nc(Cl)cc2[nH]c1=O. The highest BCUT2D eigenvalue weighted by Crippen LogP contribution is 2.22. The van der Waals surface area contributed by atoms with Crippen molar-refractivity contribution in [3.63, 3.8) is 0 Å². The number of nitrogens with zero attached hydrogens (tertiary/aromatic N) is 1. The number of fused-ring (bicyclic) bond motifs is 1. The third kappa shape index (κ3) is 1.49. The van der Waals surface area contributed by atoms with Crippen molar-refractivity contribution in [2.45, 2.75) is 6.92 Å². The molecule has 0 aliphatic heterocycles. The van der Waals surface area contributed by atoms with Gasteiger partial charge in [0, 0.05) is 10.9 Å². The van der Waals surface area contributed by atoms with Gasteiger partial charge in [0.1, 0.15) is 10.3 Å². The number of pyridine rings is 2. The molecule has 0 aliphatic carbocycles. The van der Waals surface area contributed by atoms with Crippen LogP contribution in [0.2, 0.25) is 10.3 Å². The van der Waals surface area contributed by atoms with Crippen molar-refractivity contribution in [2.24, 2.45) is 0 Å². The molecule has 0 saturated heterocycles. The number of hydrogen-bond acceptors (Lipinski definition) is 2. The molecule has 1 N–H and O–H groups in total. The molecule has 5 heteroatoms. The summed E-state index contributed by atoms with van der Waals surface area (Å²) in [5, 5.41) is 1.27. The van der Waals surface area contributed by atoms with Gasteiger partial charge in [0.2, 0.25) is 0 Å². The Labute approximate surface area is 89.7 Å². The van der Waals surface area contributed by atoms with Crippen LogP contribution in [0.25, 0.3) is 10.9 Å². The van der Waals surface area contributed by atoms with Crippen LogP contribution in [0.4, 0.5) is 0 Å². The van der Waals surface area contributed by atoms with Crippen molar-refractivity contribution in [3.05, 3.63) is 38.4 Å². The fraction of sp³-hybridized carbons (Fsp3) is 0.111. The lowest BCUT2D eigenvalue weighted by Gasteiger charge is -2.01. The van der Waals surface area contributed by atoms with Gasteiger partial charge in [-0.15, -0.1) is 0 Å². The fourth-order valence-electron chi connectivity index (χ4n) is 1.24. The molecule has 0 spiro atoms. The van der Waals surface area contributed by atoms with Gasteiger partial charge in [-0.2, -0.15) is 0 Å². The van der Waals surface area contributed by atoms with Gasteiger partial charge in [0.25, 0.3) is 5.56 Å². The van der Waals surface area contributed by atoms with Crippen molar-refractivity contribution >= 4 is 34.1 Å². The van der Waals surface area contributed by atoms with Gasteiger partial charge in [-0.3, -0.25) is 4.79 Å². The summed E-state index contributed by atoms with van der Waals surface area (Å²) in [6.07, 6.45) is 0. The van der Waals surface area contributed by atoms with E-state index in [1.165, 1.54) is 0 Å². The minimum absolute atomic E-state index is 0.143. The Morgan fingerprint density at radius 2 is 2.07 bits per heavy atom. The molecular weight excluding hydrogens is 223 g/mol. The number of rotatable bonds is 0. The van der Waals surface area contributed by atoms with Gasteiger partial charge in [0.15, 0.2) is 0 Å². The summed E-state index contributed by atoms with van der Waals surface area (Å²) in [4.78, 5) is 17.8. The van der Waals surface area contributed by atoms with E-state index in [-0.39, 0.29) is 10.7 Å². The predicted octanol–water partition coefficient (Wildman–Crippen LogP) is 2.54. The number of aryl methyl sites for hydroxylation is 1. The third-order valence-electron chi connectivity index (χ3n) is 1.95. The smallest absolute Gasteiger partial charge is 0.251 e. The summed E-state index contributed by atoms with van der Waals surface area (Å²) in [7, 11) is 0. The molecule has 0 fully saturated rings. The predicted molar refractivity (Wildman–Crippen MR) is 57.1 cm³/mol. The molecule has 0 amide bonds. The van der Waals surface area contributed by atoms with E-state index in [2.05, 4.69) is 9.97 Å². The van der Waals surface area contributed by atoms with E-state index >= 15 is 0 Å². The molecule has 2 rings (SSSR count). The Morgan fingerprint density at radius 3 is 2.79 bits per heavy atom. The van der Waals surface area contributed by atoms with Crippen LogP contribution in [0.5, 0.6) is 0 Å². The third-order valence-corrected chi connectivity index (χ3v) is 2.43. The number of H-pyrrole nitrogens is 1. The van der Waals surface area contributed by atoms with Crippen molar-refractivity contribution in [3.8, 4) is 0 Å². The van der Waals surface area contributed by atoms with Crippen LogP contribution < -0.4 is 5.56 Å². The minimum Gasteiger partial charge on any atom is -0.321 e. The second kappa shape index (κ2) is 3.26. The van der Waals surface area contributed by atoms with Gasteiger partial charge < -0.3 is 4.98 Å². The molecule has 0 saturated carbocycles. The summed E-state index contributed by atoms with van der Waals surface area (Å²) in [5.41, 5.74) is 1.06. The molecule has 72 valence electrons. The Morgan fingerprint density at radius 1 is 1.36 bits per heavy atom. The minimum atomic E-state index is -0.143. The average Bonchev–Trinajstić information content (AvgIpc) is 2.08. The highest BCUT2D eigenvalue weighted by Gasteiger charge is 2.05. The first kappa shape index (κ1) is 9.49. The van der Waals surface area contributed by atoms with Gasteiger partial charge in [0.05, 0.1) is 5.52 Å². The van der Waals surface area contributed by atoms with Crippen LogP contribution in [-0.2, 0) is 0 Å². The number of hydrogen-bond donors (Lipinski definition) is 1. The number of halogens is 2. The molecule has 0 atom stereocenters. The van der Waals surface area contributed by atoms with E-state index in [1.54, 1.807) is 19.1 Å². The molecule has 14 heavy (non-hydrogen) atoms. The second-order valence-corrected chi connectivity index (χ2v) is 3.72. The van der Waals surface area contributed by atoms with E-state index in [1.807, 2.05) is 0 Å². The lowest BCUT2D eigenvalue weighted by Crippen LogP contribution is -2.08. The summed E-state index contributed by atoms with van der Waals surface area (Å²) < 4.78 is 0. The second-order valence-electron chi connectivity index (χ2n) is 2.98. The van der Waals surface area contributed by atoms with E-state index in [9.17, 15) is 4.79 Å². The zero-order chi connectivity index (χ0) is 10.3. The van der Waals surface area contributed by atoms with Crippen LogP contribution >= 0.6 is 23.2 Å². The first-order valence-corrected chi connectivity index (χ1v) is 4.69. The van der Waals surface area contributed by atoms with E-state index in [0.717, 1.165) is 0 Å². The molecule has 2 aromatic rings. The zero-order valence-electron chi connectivity index (χ0n) is 7.27. The number of aromatic nitrogens is 2. The summed E-state index contributed by atoms with van der Waals surface area (Å²) in [6.45, 7) is 1.71. The highest BCUT2D eigenvalue weighted by atomic mass is 35.5. The fourth-order valence-corrected chi connectivity index (χ4v) is 1.72. The molecule has 0 radical (unpaired) electrons. The lowest BCUT2D eigenvalue weighted by atomic mass is 10.2. The maximum absolute atomic E-state index is 11.3. The van der Waals surface area contributed by atoms with Gasteiger partial charge in [-0.25, -0.2) is 4.98 Å². The maximum Gasteiger partial charge on any atom is 0.251 e. The van der Waals surface area contributed by atoms with Crippen molar-refractivity contribution in [1.82, 2.24) is 9.97 Å². The number of nitrogens with one attached hydrogen (secondary N) is 1. The normalized spacial score (nSPS) is 10.8. The molecule has 2 aromatic heterocycles. The van der Waals surface area contributed by atoms with Gasteiger partial charge in [-0.1, -0.05) is 23.2 Å². The largest absolute Gasteiger partial charge is 0.321 e. The first-order chi connectivity index (χ1) is 6.58. The summed E-state index contributed by atoms with van der Waals surface area (Å²) in [6, 6.07) is 3.27. The Bertz CT molecular complexity index is 562. The Kier molecular flexibility index (Phi) is 2.21. The van der Waals surface area contributed by atoms with Crippen LogP contribution in [0.15, 0.2) is 16.9 Å². The Balaban J connectivity index is 2.96. The molecule has 3 nitrogen and oxygen atoms in total. The molecule has 0 unspecified atom stereocenters. The quantitative estimate of drug-likeness (QED) is 0.705. The van der Waals surface area contributed by atoms with Crippen LogP contribution in [-0.4, -0.2) is 9.97 Å². The molecular formula is C9H6Cl2N2O. The van der Waals surface area contributed by atoms with Crippen molar-refractivity contribution in [2.75, 3.05) is 0 Å².